The number of nitrogens with zero attached hydrogens (tertiary/aromatic N) is 1. The van der Waals surface area contributed by atoms with E-state index in [2.05, 4.69) is 5.32 Å². The van der Waals surface area contributed by atoms with Gasteiger partial charge in [0.05, 0.1) is 4.92 Å². The van der Waals surface area contributed by atoms with Crippen LogP contribution >= 0.6 is 11.6 Å². The van der Waals surface area contributed by atoms with Crippen molar-refractivity contribution < 1.29 is 9.66 Å². The zero-order chi connectivity index (χ0) is 12.4. The minimum Gasteiger partial charge on any atom is -0.483 e. The lowest BCUT2D eigenvalue weighted by atomic mass is 9.89. The van der Waals surface area contributed by atoms with Crippen LogP contribution in [0.3, 0.4) is 0 Å². The molecular formula is C11H13ClN2O3. The summed E-state index contributed by atoms with van der Waals surface area (Å²) in [5, 5.41) is 14.3. The number of hydrogen-bond acceptors (Lipinski definition) is 4. The van der Waals surface area contributed by atoms with E-state index in [0.717, 1.165) is 12.8 Å². The Bertz CT molecular complexity index is 433. The first-order valence-electron chi connectivity index (χ1n) is 5.38. The monoisotopic (exact) mass is 256 g/mol. The fraction of sp³-hybridized carbons (Fsp3) is 0.455. The van der Waals surface area contributed by atoms with Crippen LogP contribution in [0, 0.1) is 10.1 Å². The molecule has 0 aliphatic heterocycles. The molecular weight excluding hydrogens is 244 g/mol. The predicted octanol–water partition coefficient (Wildman–Crippen LogP) is 2.38. The van der Waals surface area contributed by atoms with Gasteiger partial charge < -0.3 is 10.1 Å². The van der Waals surface area contributed by atoms with Crippen molar-refractivity contribution in [1.82, 2.24) is 5.32 Å². The minimum absolute atomic E-state index is 0.0484. The van der Waals surface area contributed by atoms with E-state index in [0.29, 0.717) is 16.8 Å². The average molecular weight is 257 g/mol. The van der Waals surface area contributed by atoms with Gasteiger partial charge in [-0.15, -0.1) is 0 Å². The van der Waals surface area contributed by atoms with E-state index >= 15 is 0 Å². The quantitative estimate of drug-likeness (QED) is 0.664. The fourth-order valence-electron chi connectivity index (χ4n) is 1.81. The lowest BCUT2D eigenvalue weighted by molar-refractivity contribution is -0.386. The van der Waals surface area contributed by atoms with E-state index < -0.39 is 4.92 Å². The Kier molecular flexibility index (Phi) is 3.49. The molecule has 1 aliphatic rings. The van der Waals surface area contributed by atoms with Gasteiger partial charge >= 0.3 is 5.69 Å². The van der Waals surface area contributed by atoms with Crippen LogP contribution in [0.1, 0.15) is 12.8 Å². The Hall–Kier alpha value is -1.33. The van der Waals surface area contributed by atoms with Crippen molar-refractivity contribution in [2.24, 2.45) is 0 Å². The van der Waals surface area contributed by atoms with E-state index in [1.54, 1.807) is 12.1 Å². The van der Waals surface area contributed by atoms with Crippen molar-refractivity contribution in [3.63, 3.8) is 0 Å². The van der Waals surface area contributed by atoms with Gasteiger partial charge in [-0.3, -0.25) is 10.1 Å². The molecule has 0 heterocycles. The first kappa shape index (κ1) is 12.1. The molecule has 0 aromatic heterocycles. The van der Waals surface area contributed by atoms with Crippen molar-refractivity contribution in [3.05, 3.63) is 33.3 Å². The summed E-state index contributed by atoms with van der Waals surface area (Å²) in [7, 11) is 1.89. The Morgan fingerprint density at radius 1 is 1.53 bits per heavy atom. The summed E-state index contributed by atoms with van der Waals surface area (Å²) in [6.45, 7) is 0. The molecule has 1 aromatic carbocycles. The SMILES string of the molecule is CNC1CC(Oc2ccc(Cl)cc2[N+](=O)[O-])C1. The molecule has 6 heteroatoms. The van der Waals surface area contributed by atoms with E-state index in [-0.39, 0.29) is 11.8 Å². The van der Waals surface area contributed by atoms with Crippen LogP contribution in [0.2, 0.25) is 5.02 Å². The summed E-state index contributed by atoms with van der Waals surface area (Å²) in [4.78, 5) is 10.4. The molecule has 0 bridgehead atoms. The molecule has 2 rings (SSSR count). The molecule has 17 heavy (non-hydrogen) atoms. The molecule has 1 saturated carbocycles. The molecule has 1 aliphatic carbocycles. The second kappa shape index (κ2) is 4.89. The van der Waals surface area contributed by atoms with E-state index in [1.165, 1.54) is 6.07 Å². The van der Waals surface area contributed by atoms with Crippen LogP contribution in [-0.4, -0.2) is 24.1 Å². The number of halogens is 1. The van der Waals surface area contributed by atoms with Crippen molar-refractivity contribution in [2.45, 2.75) is 25.0 Å². The smallest absolute Gasteiger partial charge is 0.312 e. The molecule has 0 radical (unpaired) electrons. The highest BCUT2D eigenvalue weighted by molar-refractivity contribution is 6.30. The number of ether oxygens (including phenoxy) is 1. The second-order valence-corrected chi connectivity index (χ2v) is 4.50. The highest BCUT2D eigenvalue weighted by Crippen LogP contribution is 2.34. The predicted molar refractivity (Wildman–Crippen MR) is 64.6 cm³/mol. The van der Waals surface area contributed by atoms with Gasteiger partial charge in [-0.25, -0.2) is 0 Å². The maximum Gasteiger partial charge on any atom is 0.312 e. The van der Waals surface area contributed by atoms with Crippen molar-refractivity contribution >= 4 is 17.3 Å². The average Bonchev–Trinajstić information content (AvgIpc) is 2.24. The van der Waals surface area contributed by atoms with Gasteiger partial charge in [0.1, 0.15) is 6.10 Å². The van der Waals surface area contributed by atoms with Gasteiger partial charge in [-0.1, -0.05) is 11.6 Å². The molecule has 0 spiro atoms. The van der Waals surface area contributed by atoms with Crippen LogP contribution in [0.15, 0.2) is 18.2 Å². The maximum atomic E-state index is 10.8. The normalized spacial score (nSPS) is 22.9. The van der Waals surface area contributed by atoms with Crippen LogP contribution in [0.4, 0.5) is 5.69 Å². The largest absolute Gasteiger partial charge is 0.483 e. The van der Waals surface area contributed by atoms with Crippen LogP contribution in [0.5, 0.6) is 5.75 Å². The Balaban J connectivity index is 2.08. The van der Waals surface area contributed by atoms with E-state index in [9.17, 15) is 10.1 Å². The van der Waals surface area contributed by atoms with Crippen molar-refractivity contribution in [2.75, 3.05) is 7.05 Å². The van der Waals surface area contributed by atoms with Crippen LogP contribution < -0.4 is 10.1 Å². The second-order valence-electron chi connectivity index (χ2n) is 4.07. The Morgan fingerprint density at radius 2 is 2.24 bits per heavy atom. The minimum atomic E-state index is -0.477. The molecule has 5 nitrogen and oxygen atoms in total. The summed E-state index contributed by atoms with van der Waals surface area (Å²) in [5.74, 6) is 0.291. The third kappa shape index (κ3) is 2.68. The van der Waals surface area contributed by atoms with Crippen LogP contribution in [-0.2, 0) is 0 Å². The number of nitro benzene ring substituents is 1. The Labute approximate surface area is 104 Å². The number of nitro groups is 1. The molecule has 1 N–H and O–H groups in total. The topological polar surface area (TPSA) is 64.4 Å². The van der Waals surface area contributed by atoms with Gasteiger partial charge in [-0.2, -0.15) is 0 Å². The molecule has 92 valence electrons. The fourth-order valence-corrected chi connectivity index (χ4v) is 1.98. The van der Waals surface area contributed by atoms with Gasteiger partial charge in [0.2, 0.25) is 0 Å². The molecule has 0 amide bonds. The summed E-state index contributed by atoms with van der Waals surface area (Å²) in [6, 6.07) is 4.91. The Morgan fingerprint density at radius 3 is 2.82 bits per heavy atom. The lowest BCUT2D eigenvalue weighted by Crippen LogP contribution is -2.45. The van der Waals surface area contributed by atoms with Crippen molar-refractivity contribution in [1.29, 1.82) is 0 Å². The molecule has 0 atom stereocenters. The van der Waals surface area contributed by atoms with E-state index in [4.69, 9.17) is 16.3 Å². The lowest BCUT2D eigenvalue weighted by Gasteiger charge is -2.34. The molecule has 0 unspecified atom stereocenters. The highest BCUT2D eigenvalue weighted by atomic mass is 35.5. The highest BCUT2D eigenvalue weighted by Gasteiger charge is 2.31. The maximum absolute atomic E-state index is 10.8. The molecule has 1 fully saturated rings. The molecule has 1 aromatic rings. The third-order valence-electron chi connectivity index (χ3n) is 2.91. The first-order valence-corrected chi connectivity index (χ1v) is 5.76. The summed E-state index contributed by atoms with van der Waals surface area (Å²) < 4.78 is 5.59. The zero-order valence-electron chi connectivity index (χ0n) is 9.35. The first-order chi connectivity index (χ1) is 8.10. The summed E-state index contributed by atoms with van der Waals surface area (Å²) >= 11 is 5.72. The van der Waals surface area contributed by atoms with Gasteiger partial charge in [0, 0.05) is 17.1 Å². The molecule has 0 saturated heterocycles. The van der Waals surface area contributed by atoms with Gasteiger partial charge in [0.25, 0.3) is 0 Å². The number of benzene rings is 1. The number of rotatable bonds is 4. The number of nitrogens with one attached hydrogen (secondary N) is 1. The summed E-state index contributed by atoms with van der Waals surface area (Å²) in [6.07, 6.45) is 1.79. The van der Waals surface area contributed by atoms with Gasteiger partial charge in [-0.05, 0) is 32.0 Å². The van der Waals surface area contributed by atoms with E-state index in [1.807, 2.05) is 7.05 Å². The van der Waals surface area contributed by atoms with Crippen LogP contribution in [0.25, 0.3) is 0 Å². The standard InChI is InChI=1S/C11H13ClN2O3/c1-13-8-5-9(6-8)17-11-3-2-7(12)4-10(11)14(15)16/h2-4,8-9,13H,5-6H2,1H3. The van der Waals surface area contributed by atoms with Crippen molar-refractivity contribution in [3.8, 4) is 5.75 Å². The summed E-state index contributed by atoms with van der Waals surface area (Å²) in [5.41, 5.74) is -0.0783. The zero-order valence-corrected chi connectivity index (χ0v) is 10.1. The number of hydrogen-bond donors (Lipinski definition) is 1. The van der Waals surface area contributed by atoms with Gasteiger partial charge in [0.15, 0.2) is 5.75 Å². The third-order valence-corrected chi connectivity index (χ3v) is 3.15.